The fourth-order valence-electron chi connectivity index (χ4n) is 3.40. The maximum absolute atomic E-state index is 11.8. The van der Waals surface area contributed by atoms with Gasteiger partial charge in [0.25, 0.3) is 0 Å². The van der Waals surface area contributed by atoms with Gasteiger partial charge in [0.2, 0.25) is 0 Å². The van der Waals surface area contributed by atoms with E-state index in [9.17, 15) is 4.79 Å². The summed E-state index contributed by atoms with van der Waals surface area (Å²) >= 11 is 1.22. The van der Waals surface area contributed by atoms with Gasteiger partial charge in [0.05, 0.1) is 45.2 Å². The number of hydrogen-bond donors (Lipinski definition) is 1. The molecule has 31 heavy (non-hydrogen) atoms. The van der Waals surface area contributed by atoms with Gasteiger partial charge in [-0.2, -0.15) is 5.10 Å². The third-order valence-electron chi connectivity index (χ3n) is 4.86. The van der Waals surface area contributed by atoms with Gasteiger partial charge in [-0.05, 0) is 30.7 Å². The molecule has 0 saturated heterocycles. The van der Waals surface area contributed by atoms with E-state index in [1.54, 1.807) is 25.1 Å². The monoisotopic (exact) mass is 445 g/mol. The minimum absolute atomic E-state index is 0.465. The standard InChI is InChI=1S/C22H27N3O5S/c1-6-30-12-13-9-16(27-3)19(17(10-13)28-4)14-7-8-18(31-21(23)22(26)29-5)20-15(14)11-24-25(20)2/h7-11,21H,6,12,23H2,1-5H3. The van der Waals surface area contributed by atoms with Crippen LogP contribution in [0.5, 0.6) is 11.5 Å². The predicted octanol–water partition coefficient (Wildman–Crippen LogP) is 3.34. The van der Waals surface area contributed by atoms with E-state index in [4.69, 9.17) is 24.7 Å². The van der Waals surface area contributed by atoms with E-state index >= 15 is 0 Å². The summed E-state index contributed by atoms with van der Waals surface area (Å²) in [5.41, 5.74) is 9.50. The molecule has 0 aliphatic rings. The average Bonchev–Trinajstić information content (AvgIpc) is 3.18. The van der Waals surface area contributed by atoms with Crippen LogP contribution in [0.4, 0.5) is 0 Å². The van der Waals surface area contributed by atoms with Crippen molar-refractivity contribution in [3.05, 3.63) is 36.0 Å². The highest BCUT2D eigenvalue weighted by molar-refractivity contribution is 8.00. The number of benzene rings is 2. The Kier molecular flexibility index (Phi) is 7.42. The lowest BCUT2D eigenvalue weighted by Crippen LogP contribution is -2.27. The van der Waals surface area contributed by atoms with Gasteiger partial charge < -0.3 is 24.7 Å². The summed E-state index contributed by atoms with van der Waals surface area (Å²) in [6.45, 7) is 3.04. The molecule has 1 heterocycles. The van der Waals surface area contributed by atoms with Gasteiger partial charge in [-0.3, -0.25) is 4.68 Å². The summed E-state index contributed by atoms with van der Waals surface area (Å²) in [5, 5.41) is 4.48. The smallest absolute Gasteiger partial charge is 0.333 e. The Morgan fingerprint density at radius 3 is 2.45 bits per heavy atom. The third-order valence-corrected chi connectivity index (χ3v) is 5.89. The number of thioether (sulfide) groups is 1. The molecule has 0 saturated carbocycles. The Morgan fingerprint density at radius 2 is 1.87 bits per heavy atom. The predicted molar refractivity (Wildman–Crippen MR) is 120 cm³/mol. The molecule has 0 bridgehead atoms. The molecule has 0 fully saturated rings. The topological polar surface area (TPSA) is 97.8 Å². The van der Waals surface area contributed by atoms with Crippen molar-refractivity contribution in [3.63, 3.8) is 0 Å². The summed E-state index contributed by atoms with van der Waals surface area (Å²) in [5.74, 6) is 0.856. The van der Waals surface area contributed by atoms with Crippen LogP contribution in [-0.4, -0.2) is 49.1 Å². The maximum Gasteiger partial charge on any atom is 0.333 e. The Morgan fingerprint density at radius 1 is 1.19 bits per heavy atom. The number of carbonyl (C=O) groups excluding carboxylic acids is 1. The van der Waals surface area contributed by atoms with Crippen molar-refractivity contribution in [1.82, 2.24) is 9.78 Å². The van der Waals surface area contributed by atoms with Crippen LogP contribution in [0.15, 0.2) is 35.4 Å². The van der Waals surface area contributed by atoms with Crippen LogP contribution >= 0.6 is 11.8 Å². The average molecular weight is 446 g/mol. The molecular formula is C22H27N3O5S. The van der Waals surface area contributed by atoms with Crippen LogP contribution in [0, 0.1) is 0 Å². The molecular weight excluding hydrogens is 418 g/mol. The fourth-order valence-corrected chi connectivity index (χ4v) is 4.37. The number of aromatic nitrogens is 2. The van der Waals surface area contributed by atoms with Gasteiger partial charge in [0.15, 0.2) is 5.37 Å². The molecule has 3 aromatic rings. The number of rotatable bonds is 9. The Hall–Kier alpha value is -2.75. The summed E-state index contributed by atoms with van der Waals surface area (Å²) in [7, 11) is 6.42. The number of aryl methyl sites for hydroxylation is 1. The second-order valence-electron chi connectivity index (χ2n) is 6.72. The summed E-state index contributed by atoms with van der Waals surface area (Å²) < 4.78 is 23.5. The number of ether oxygens (including phenoxy) is 4. The van der Waals surface area contributed by atoms with Crippen LogP contribution < -0.4 is 15.2 Å². The zero-order valence-electron chi connectivity index (χ0n) is 18.3. The summed E-state index contributed by atoms with van der Waals surface area (Å²) in [6.07, 6.45) is 1.78. The molecule has 8 nitrogen and oxygen atoms in total. The Bertz CT molecular complexity index is 1060. The first-order valence-electron chi connectivity index (χ1n) is 9.72. The highest BCUT2D eigenvalue weighted by atomic mass is 32.2. The van der Waals surface area contributed by atoms with E-state index in [1.165, 1.54) is 18.9 Å². The van der Waals surface area contributed by atoms with Gasteiger partial charge >= 0.3 is 5.97 Å². The first kappa shape index (κ1) is 22.9. The minimum atomic E-state index is -0.837. The van der Waals surface area contributed by atoms with Crippen molar-refractivity contribution in [2.24, 2.45) is 12.8 Å². The summed E-state index contributed by atoms with van der Waals surface area (Å²) in [6, 6.07) is 7.77. The minimum Gasteiger partial charge on any atom is -0.496 e. The van der Waals surface area contributed by atoms with Gasteiger partial charge in [-0.1, -0.05) is 17.8 Å². The SMILES string of the molecule is CCOCc1cc(OC)c(-c2ccc(SC(N)C(=O)OC)c3c2cnn3C)c(OC)c1. The number of hydrogen-bond acceptors (Lipinski definition) is 8. The van der Waals surface area contributed by atoms with Crippen molar-refractivity contribution < 1.29 is 23.7 Å². The van der Waals surface area contributed by atoms with E-state index in [0.29, 0.717) is 24.7 Å². The van der Waals surface area contributed by atoms with Crippen LogP contribution in [0.3, 0.4) is 0 Å². The van der Waals surface area contributed by atoms with E-state index in [1.807, 2.05) is 38.2 Å². The third kappa shape index (κ3) is 4.63. The second kappa shape index (κ2) is 10.0. The van der Waals surface area contributed by atoms with Gasteiger partial charge in [0.1, 0.15) is 11.5 Å². The molecule has 2 aromatic carbocycles. The van der Waals surface area contributed by atoms with Crippen LogP contribution in [0.2, 0.25) is 0 Å². The molecule has 0 radical (unpaired) electrons. The molecule has 0 aliphatic carbocycles. The lowest BCUT2D eigenvalue weighted by atomic mass is 9.98. The molecule has 3 rings (SSSR count). The first-order chi connectivity index (χ1) is 14.9. The van der Waals surface area contributed by atoms with Gasteiger partial charge in [-0.15, -0.1) is 0 Å². The Balaban J connectivity index is 2.16. The van der Waals surface area contributed by atoms with Crippen molar-refractivity contribution >= 4 is 28.6 Å². The molecule has 0 amide bonds. The number of carbonyl (C=O) groups is 1. The molecule has 0 spiro atoms. The van der Waals surface area contributed by atoms with E-state index in [2.05, 4.69) is 5.10 Å². The van der Waals surface area contributed by atoms with Gasteiger partial charge in [-0.25, -0.2) is 4.79 Å². The largest absolute Gasteiger partial charge is 0.496 e. The van der Waals surface area contributed by atoms with Gasteiger partial charge in [0, 0.05) is 29.5 Å². The molecule has 1 atom stereocenters. The lowest BCUT2D eigenvalue weighted by Gasteiger charge is -2.18. The number of fused-ring (bicyclic) bond motifs is 1. The maximum atomic E-state index is 11.8. The van der Waals surface area contributed by atoms with E-state index < -0.39 is 11.3 Å². The summed E-state index contributed by atoms with van der Waals surface area (Å²) in [4.78, 5) is 12.6. The first-order valence-corrected chi connectivity index (χ1v) is 10.6. The molecule has 166 valence electrons. The normalized spacial score (nSPS) is 12.1. The molecule has 1 aromatic heterocycles. The van der Waals surface area contributed by atoms with Crippen molar-refractivity contribution in [2.45, 2.75) is 23.8 Å². The van der Waals surface area contributed by atoms with E-state index in [-0.39, 0.29) is 0 Å². The molecule has 9 heteroatoms. The van der Waals surface area contributed by atoms with Crippen LogP contribution in [0.1, 0.15) is 12.5 Å². The zero-order chi connectivity index (χ0) is 22.5. The number of methoxy groups -OCH3 is 3. The van der Waals surface area contributed by atoms with E-state index in [0.717, 1.165) is 32.5 Å². The van der Waals surface area contributed by atoms with Crippen LogP contribution in [0.25, 0.3) is 22.0 Å². The Labute approximate surface area is 185 Å². The molecule has 0 aliphatic heterocycles. The highest BCUT2D eigenvalue weighted by Gasteiger charge is 2.22. The lowest BCUT2D eigenvalue weighted by molar-refractivity contribution is -0.139. The highest BCUT2D eigenvalue weighted by Crippen LogP contribution is 2.44. The quantitative estimate of drug-likeness (QED) is 0.304. The number of nitrogens with zero attached hydrogens (tertiary/aromatic N) is 2. The zero-order valence-corrected chi connectivity index (χ0v) is 19.1. The number of esters is 1. The van der Waals surface area contributed by atoms with Crippen molar-refractivity contribution in [1.29, 1.82) is 0 Å². The number of nitrogens with two attached hydrogens (primary N) is 1. The van der Waals surface area contributed by atoms with Crippen LogP contribution in [-0.2, 0) is 27.9 Å². The second-order valence-corrected chi connectivity index (χ2v) is 7.90. The fraction of sp³-hybridized carbons (Fsp3) is 0.364. The van der Waals surface area contributed by atoms with Crippen molar-refractivity contribution in [3.8, 4) is 22.6 Å². The van der Waals surface area contributed by atoms with Crippen molar-refractivity contribution in [2.75, 3.05) is 27.9 Å². The molecule has 1 unspecified atom stereocenters. The molecule has 2 N–H and O–H groups in total.